The van der Waals surface area contributed by atoms with Crippen LogP contribution in [0.3, 0.4) is 0 Å². The van der Waals surface area contributed by atoms with Crippen LogP contribution in [-0.2, 0) is 15.7 Å². The molecule has 2 aliphatic rings. The van der Waals surface area contributed by atoms with Crippen molar-refractivity contribution in [1.29, 1.82) is 0 Å². The van der Waals surface area contributed by atoms with Crippen LogP contribution in [0.2, 0.25) is 0 Å². The fourth-order valence-corrected chi connectivity index (χ4v) is 34.8. The standard InChI is InChI=1S/C13H10.2C12H13.2ClH.Hf/c1-3-7-12(8-4-1)11-13-9-5-2-6-10-13;2*1-9(2)11-7-3-5-10-6-4-8-12(10)11;;;/h1-10H;2*3-9H,1-2H3;2*1H;/q;;;;;+2/p-2. The van der Waals surface area contributed by atoms with E-state index in [9.17, 15) is 0 Å². The maximum atomic E-state index is 8.61. The van der Waals surface area contributed by atoms with Crippen LogP contribution in [0.4, 0.5) is 0 Å². The van der Waals surface area contributed by atoms with E-state index in [0.29, 0.717) is 11.8 Å². The number of fused-ring (bicyclic) bond motifs is 2. The van der Waals surface area contributed by atoms with Crippen LogP contribution < -0.4 is 0 Å². The first-order valence-electron chi connectivity index (χ1n) is 14.4. The van der Waals surface area contributed by atoms with Gasteiger partial charge in [0.1, 0.15) is 0 Å². The maximum absolute atomic E-state index is 8.61. The van der Waals surface area contributed by atoms with Gasteiger partial charge in [0.15, 0.2) is 0 Å². The third-order valence-corrected chi connectivity index (χ3v) is 37.0. The van der Waals surface area contributed by atoms with E-state index >= 15 is 0 Å². The molecule has 0 amide bonds. The van der Waals surface area contributed by atoms with Crippen LogP contribution in [0.15, 0.2) is 109 Å². The van der Waals surface area contributed by atoms with E-state index in [1.165, 1.54) is 33.4 Å². The van der Waals surface area contributed by atoms with Gasteiger partial charge in [-0.3, -0.25) is 0 Å². The summed E-state index contributed by atoms with van der Waals surface area (Å²) in [5, 5.41) is 0. The Morgan fingerprint density at radius 2 is 0.950 bits per heavy atom. The molecule has 0 spiro atoms. The molecule has 40 heavy (non-hydrogen) atoms. The van der Waals surface area contributed by atoms with Gasteiger partial charge in [-0.1, -0.05) is 0 Å². The molecule has 0 nitrogen and oxygen atoms in total. The summed E-state index contributed by atoms with van der Waals surface area (Å²) < 4.78 is 1.02. The van der Waals surface area contributed by atoms with Crippen LogP contribution >= 0.6 is 17.2 Å². The first kappa shape index (κ1) is 27.8. The van der Waals surface area contributed by atoms with E-state index in [0.717, 1.165) is 14.4 Å². The van der Waals surface area contributed by atoms with Crippen molar-refractivity contribution >= 4 is 32.6 Å². The molecule has 2 atom stereocenters. The first-order chi connectivity index (χ1) is 19.2. The van der Waals surface area contributed by atoms with Gasteiger partial charge in [0.2, 0.25) is 0 Å². The molecule has 2 unspecified atom stereocenters. The topological polar surface area (TPSA) is 0 Å². The van der Waals surface area contributed by atoms with Gasteiger partial charge in [0, 0.05) is 0 Å². The Kier molecular flexibility index (Phi) is 7.31. The molecule has 4 aromatic rings. The predicted octanol–water partition coefficient (Wildman–Crippen LogP) is 11.0. The number of hydrogen-bond donors (Lipinski definition) is 0. The van der Waals surface area contributed by atoms with Crippen molar-refractivity contribution in [3.8, 4) is 0 Å². The summed E-state index contributed by atoms with van der Waals surface area (Å²) in [5.41, 5.74) is 10.1. The number of rotatable bonds is 6. The van der Waals surface area contributed by atoms with Crippen molar-refractivity contribution in [3.63, 3.8) is 0 Å². The molecule has 202 valence electrons. The minimum absolute atomic E-state index is 0.0623. The third kappa shape index (κ3) is 4.32. The molecule has 0 saturated carbocycles. The zero-order chi connectivity index (χ0) is 28.1. The van der Waals surface area contributed by atoms with E-state index in [1.807, 2.05) is 0 Å². The van der Waals surface area contributed by atoms with Gasteiger partial charge in [0.05, 0.1) is 0 Å². The zero-order valence-electron chi connectivity index (χ0n) is 23.6. The zero-order valence-corrected chi connectivity index (χ0v) is 28.7. The number of hydrogen-bond acceptors (Lipinski definition) is 0. The average Bonchev–Trinajstić information content (AvgIpc) is 3.60. The Morgan fingerprint density at radius 1 is 0.550 bits per heavy atom. The number of halogens is 2. The van der Waals surface area contributed by atoms with Gasteiger partial charge < -0.3 is 0 Å². The van der Waals surface area contributed by atoms with Gasteiger partial charge in [-0.15, -0.1) is 0 Å². The van der Waals surface area contributed by atoms with Crippen LogP contribution in [0, 0.1) is 0 Å². The fourth-order valence-electron chi connectivity index (χ4n) is 7.09. The van der Waals surface area contributed by atoms with Crippen molar-refractivity contribution in [2.75, 3.05) is 0 Å². The van der Waals surface area contributed by atoms with E-state index in [1.54, 1.807) is 0 Å². The molecular formula is C37H36Cl2Hf. The van der Waals surface area contributed by atoms with Crippen molar-refractivity contribution < 1.29 is 15.7 Å². The van der Waals surface area contributed by atoms with Gasteiger partial charge in [-0.2, -0.15) is 0 Å². The summed E-state index contributed by atoms with van der Waals surface area (Å²) in [4.78, 5) is 0. The third-order valence-electron chi connectivity index (χ3n) is 8.91. The minimum atomic E-state index is -5.42. The molecule has 0 heterocycles. The first-order valence-corrected chi connectivity index (χ1v) is 29.2. The van der Waals surface area contributed by atoms with Crippen LogP contribution in [0.1, 0.15) is 91.4 Å². The fraction of sp³-hybridized carbons (Fsp3) is 0.216. The Morgan fingerprint density at radius 3 is 1.32 bits per heavy atom. The Bertz CT molecular complexity index is 1580. The van der Waals surface area contributed by atoms with E-state index in [2.05, 4.69) is 149 Å². The van der Waals surface area contributed by atoms with Gasteiger partial charge in [-0.25, -0.2) is 0 Å². The quantitative estimate of drug-likeness (QED) is 0.173. The molecule has 4 aromatic carbocycles. The van der Waals surface area contributed by atoms with Crippen LogP contribution in [0.5, 0.6) is 0 Å². The summed E-state index contributed by atoms with van der Waals surface area (Å²) in [5.74, 6) is 0.830. The molecule has 3 heteroatoms. The molecule has 6 rings (SSSR count). The van der Waals surface area contributed by atoms with Gasteiger partial charge in [0.25, 0.3) is 0 Å². The van der Waals surface area contributed by atoms with Gasteiger partial charge >= 0.3 is 249 Å². The Hall–Kier alpha value is -2.32. The second-order valence-electron chi connectivity index (χ2n) is 11.9. The van der Waals surface area contributed by atoms with E-state index in [-0.39, 0.29) is 7.35 Å². The van der Waals surface area contributed by atoms with Crippen molar-refractivity contribution in [2.24, 2.45) is 0 Å². The van der Waals surface area contributed by atoms with Crippen molar-refractivity contribution in [3.05, 3.63) is 154 Å². The summed E-state index contributed by atoms with van der Waals surface area (Å²) in [7, 11) is 17.2. The average molecular weight is 730 g/mol. The second kappa shape index (κ2) is 10.5. The van der Waals surface area contributed by atoms with E-state index < -0.39 is 15.7 Å². The summed E-state index contributed by atoms with van der Waals surface area (Å²) >= 11 is -5.42. The van der Waals surface area contributed by atoms with Gasteiger partial charge in [-0.05, 0) is 0 Å². The molecule has 0 aromatic heterocycles. The Labute approximate surface area is 247 Å². The molecular weight excluding hydrogens is 694 g/mol. The summed E-state index contributed by atoms with van der Waals surface area (Å²) in [6.07, 6.45) is 9.29. The van der Waals surface area contributed by atoms with E-state index in [4.69, 9.17) is 17.2 Å². The molecule has 2 aliphatic carbocycles. The second-order valence-corrected chi connectivity index (χ2v) is 41.4. The molecule has 0 aliphatic heterocycles. The van der Waals surface area contributed by atoms with Crippen LogP contribution in [-0.4, -0.2) is 3.26 Å². The Balaban J connectivity index is 1.77. The monoisotopic (exact) mass is 730 g/mol. The molecule has 0 bridgehead atoms. The summed E-state index contributed by atoms with van der Waals surface area (Å²) in [6.45, 7) is 9.06. The predicted molar refractivity (Wildman–Crippen MR) is 172 cm³/mol. The van der Waals surface area contributed by atoms with Crippen molar-refractivity contribution in [2.45, 2.75) is 46.9 Å². The molecule has 0 radical (unpaired) electrons. The number of allylic oxidation sites excluding steroid dienone is 2. The molecule has 0 N–H and O–H groups in total. The SMILES string of the molecule is CC(C)c1cccc2c1C=C[CH]2[Hf]([Cl])([Cl])(=[C](c1ccccc1)c1ccccc1)[CH]1C=Cc2c(C(C)C)cccc21. The molecule has 0 saturated heterocycles. The summed E-state index contributed by atoms with van der Waals surface area (Å²) in [6, 6.07) is 34.8. The normalized spacial score (nSPS) is 17.9. The van der Waals surface area contributed by atoms with Crippen LogP contribution in [0.25, 0.3) is 12.2 Å². The number of benzene rings is 4. The van der Waals surface area contributed by atoms with Crippen molar-refractivity contribution in [1.82, 2.24) is 0 Å². The molecule has 0 fully saturated rings.